The summed E-state index contributed by atoms with van der Waals surface area (Å²) in [6, 6.07) is 11.3. The van der Waals surface area contributed by atoms with Gasteiger partial charge in [-0.3, -0.25) is 4.79 Å². The summed E-state index contributed by atoms with van der Waals surface area (Å²) >= 11 is 1.33. The lowest BCUT2D eigenvalue weighted by Gasteiger charge is -2.09. The molecule has 1 N–H and O–H groups in total. The Kier molecular flexibility index (Phi) is 5.96. The highest BCUT2D eigenvalue weighted by Crippen LogP contribution is 2.30. The van der Waals surface area contributed by atoms with Crippen LogP contribution in [0.5, 0.6) is 5.75 Å². The number of furan rings is 1. The van der Waals surface area contributed by atoms with Crippen molar-refractivity contribution >= 4 is 17.7 Å². The van der Waals surface area contributed by atoms with Gasteiger partial charge in [0.25, 0.3) is 0 Å². The Morgan fingerprint density at radius 2 is 2.12 bits per heavy atom. The van der Waals surface area contributed by atoms with Gasteiger partial charge >= 0.3 is 0 Å². The lowest BCUT2D eigenvalue weighted by molar-refractivity contribution is -0.118. The van der Waals surface area contributed by atoms with Crippen LogP contribution in [0.3, 0.4) is 0 Å². The van der Waals surface area contributed by atoms with E-state index in [0.29, 0.717) is 24.1 Å². The molecule has 1 amide bonds. The van der Waals surface area contributed by atoms with E-state index in [0.717, 1.165) is 17.1 Å². The van der Waals surface area contributed by atoms with Crippen molar-refractivity contribution in [1.29, 1.82) is 0 Å². The average molecular weight is 372 g/mol. The Bertz CT molecular complexity index is 861. The van der Waals surface area contributed by atoms with Gasteiger partial charge in [0.05, 0.1) is 30.7 Å². The van der Waals surface area contributed by atoms with Gasteiger partial charge in [-0.05, 0) is 31.2 Å². The molecule has 0 radical (unpaired) electrons. The smallest absolute Gasteiger partial charge is 0.230 e. The van der Waals surface area contributed by atoms with E-state index in [1.165, 1.54) is 11.8 Å². The summed E-state index contributed by atoms with van der Waals surface area (Å²) in [7, 11) is 1.88. The van der Waals surface area contributed by atoms with E-state index in [9.17, 15) is 4.79 Å². The molecule has 136 valence electrons. The van der Waals surface area contributed by atoms with E-state index in [-0.39, 0.29) is 11.7 Å². The van der Waals surface area contributed by atoms with Crippen molar-refractivity contribution in [3.8, 4) is 17.1 Å². The second-order valence-electron chi connectivity index (χ2n) is 5.44. The first-order valence-corrected chi connectivity index (χ1v) is 9.21. The first-order chi connectivity index (χ1) is 12.7. The van der Waals surface area contributed by atoms with E-state index in [1.807, 2.05) is 48.9 Å². The number of hydrogen-bond acceptors (Lipinski definition) is 6. The number of carbonyl (C=O) groups excluding carboxylic acids is 1. The molecule has 2 aromatic heterocycles. The molecule has 0 aliphatic rings. The van der Waals surface area contributed by atoms with Crippen LogP contribution in [0, 0.1) is 0 Å². The maximum absolute atomic E-state index is 12.0. The molecule has 7 nitrogen and oxygen atoms in total. The Labute approximate surface area is 155 Å². The highest BCUT2D eigenvalue weighted by molar-refractivity contribution is 7.99. The first-order valence-electron chi connectivity index (χ1n) is 8.22. The van der Waals surface area contributed by atoms with Crippen LogP contribution in [0.15, 0.2) is 52.2 Å². The molecule has 0 saturated heterocycles. The largest absolute Gasteiger partial charge is 0.493 e. The second-order valence-corrected chi connectivity index (χ2v) is 6.38. The van der Waals surface area contributed by atoms with Crippen molar-refractivity contribution < 1.29 is 13.9 Å². The van der Waals surface area contributed by atoms with Crippen molar-refractivity contribution in [1.82, 2.24) is 20.1 Å². The van der Waals surface area contributed by atoms with Gasteiger partial charge in [-0.15, -0.1) is 10.2 Å². The van der Waals surface area contributed by atoms with Crippen LogP contribution in [0.25, 0.3) is 11.4 Å². The van der Waals surface area contributed by atoms with Crippen molar-refractivity contribution in [2.75, 3.05) is 12.4 Å². The molecule has 8 heteroatoms. The number of thioether (sulfide) groups is 1. The predicted molar refractivity (Wildman–Crippen MR) is 98.9 cm³/mol. The predicted octanol–water partition coefficient (Wildman–Crippen LogP) is 2.88. The number of hydrogen-bond donors (Lipinski definition) is 1. The molecule has 0 fully saturated rings. The van der Waals surface area contributed by atoms with E-state index in [1.54, 1.807) is 12.3 Å². The molecule has 3 rings (SSSR count). The topological polar surface area (TPSA) is 82.2 Å². The third-order valence-electron chi connectivity index (χ3n) is 3.63. The van der Waals surface area contributed by atoms with Gasteiger partial charge in [-0.25, -0.2) is 0 Å². The summed E-state index contributed by atoms with van der Waals surface area (Å²) in [6.07, 6.45) is 1.58. The molecule has 0 aliphatic carbocycles. The monoisotopic (exact) mass is 372 g/mol. The molecule has 0 saturated carbocycles. The average Bonchev–Trinajstić information content (AvgIpc) is 3.29. The number of aromatic nitrogens is 3. The minimum atomic E-state index is -0.0920. The molecular weight excluding hydrogens is 352 g/mol. The zero-order chi connectivity index (χ0) is 18.4. The highest BCUT2D eigenvalue weighted by atomic mass is 32.2. The van der Waals surface area contributed by atoms with Gasteiger partial charge in [0.2, 0.25) is 5.91 Å². The van der Waals surface area contributed by atoms with E-state index in [4.69, 9.17) is 9.15 Å². The lowest BCUT2D eigenvalue weighted by atomic mass is 10.2. The molecular formula is C18H20N4O3S. The van der Waals surface area contributed by atoms with Crippen molar-refractivity contribution in [3.05, 3.63) is 48.4 Å². The number of ether oxygens (including phenoxy) is 1. The minimum Gasteiger partial charge on any atom is -0.493 e. The SMILES string of the molecule is CCOc1ccccc1-c1nnc(SCC(=O)NCc2ccco2)n1C. The molecule has 0 bridgehead atoms. The Hall–Kier alpha value is -2.74. The van der Waals surface area contributed by atoms with Crippen LogP contribution in [0.2, 0.25) is 0 Å². The third kappa shape index (κ3) is 4.26. The number of para-hydroxylation sites is 1. The highest BCUT2D eigenvalue weighted by Gasteiger charge is 2.16. The van der Waals surface area contributed by atoms with Crippen LogP contribution in [0.4, 0.5) is 0 Å². The van der Waals surface area contributed by atoms with E-state index in [2.05, 4.69) is 15.5 Å². The molecule has 0 atom stereocenters. The summed E-state index contributed by atoms with van der Waals surface area (Å²) in [5.74, 6) is 2.34. The summed E-state index contributed by atoms with van der Waals surface area (Å²) < 4.78 is 12.7. The van der Waals surface area contributed by atoms with E-state index >= 15 is 0 Å². The van der Waals surface area contributed by atoms with Crippen LogP contribution < -0.4 is 10.1 Å². The number of benzene rings is 1. The molecule has 0 unspecified atom stereocenters. The van der Waals surface area contributed by atoms with Crippen LogP contribution in [-0.2, 0) is 18.4 Å². The normalized spacial score (nSPS) is 10.7. The quantitative estimate of drug-likeness (QED) is 0.612. The second kappa shape index (κ2) is 8.57. The fraction of sp³-hybridized carbons (Fsp3) is 0.278. The number of carbonyl (C=O) groups is 1. The molecule has 3 aromatic rings. The number of nitrogens with one attached hydrogen (secondary N) is 1. The van der Waals surface area contributed by atoms with Gasteiger partial charge in [-0.1, -0.05) is 23.9 Å². The zero-order valence-corrected chi connectivity index (χ0v) is 15.5. The standard InChI is InChI=1S/C18H20N4O3S/c1-3-24-15-9-5-4-8-14(15)17-20-21-18(22(17)2)26-12-16(23)19-11-13-7-6-10-25-13/h4-10H,3,11-12H2,1-2H3,(H,19,23). The summed E-state index contributed by atoms with van der Waals surface area (Å²) in [4.78, 5) is 12.0. The zero-order valence-electron chi connectivity index (χ0n) is 14.6. The van der Waals surface area contributed by atoms with Gasteiger partial charge in [0.1, 0.15) is 11.5 Å². The van der Waals surface area contributed by atoms with Gasteiger partial charge in [-0.2, -0.15) is 0 Å². The van der Waals surface area contributed by atoms with Gasteiger partial charge < -0.3 is 19.0 Å². The summed E-state index contributed by atoms with van der Waals surface area (Å²) in [5, 5.41) is 11.9. The molecule has 26 heavy (non-hydrogen) atoms. The Balaban J connectivity index is 1.63. The number of nitrogens with zero attached hydrogens (tertiary/aromatic N) is 3. The maximum Gasteiger partial charge on any atom is 0.230 e. The minimum absolute atomic E-state index is 0.0920. The lowest BCUT2D eigenvalue weighted by Crippen LogP contribution is -2.24. The van der Waals surface area contributed by atoms with Crippen molar-refractivity contribution in [2.45, 2.75) is 18.6 Å². The summed E-state index contributed by atoms with van der Waals surface area (Å²) in [5.41, 5.74) is 0.874. The summed E-state index contributed by atoms with van der Waals surface area (Å²) in [6.45, 7) is 2.89. The van der Waals surface area contributed by atoms with Gasteiger partial charge in [0.15, 0.2) is 11.0 Å². The van der Waals surface area contributed by atoms with Crippen molar-refractivity contribution in [3.63, 3.8) is 0 Å². The fourth-order valence-corrected chi connectivity index (χ4v) is 3.13. The van der Waals surface area contributed by atoms with Gasteiger partial charge in [0, 0.05) is 7.05 Å². The Morgan fingerprint density at radius 3 is 2.88 bits per heavy atom. The number of rotatable bonds is 8. The van der Waals surface area contributed by atoms with Crippen LogP contribution in [-0.4, -0.2) is 33.0 Å². The van der Waals surface area contributed by atoms with Crippen LogP contribution in [0.1, 0.15) is 12.7 Å². The molecule has 0 aliphatic heterocycles. The van der Waals surface area contributed by atoms with E-state index < -0.39 is 0 Å². The van der Waals surface area contributed by atoms with Crippen molar-refractivity contribution in [2.24, 2.45) is 7.05 Å². The first kappa shape index (κ1) is 18.1. The Morgan fingerprint density at radius 1 is 1.27 bits per heavy atom. The fourth-order valence-electron chi connectivity index (χ4n) is 2.39. The molecule has 2 heterocycles. The number of amides is 1. The molecule has 0 spiro atoms. The maximum atomic E-state index is 12.0. The molecule has 1 aromatic carbocycles. The van der Waals surface area contributed by atoms with Crippen LogP contribution >= 0.6 is 11.8 Å². The third-order valence-corrected chi connectivity index (χ3v) is 4.66.